The summed E-state index contributed by atoms with van der Waals surface area (Å²) in [5.41, 5.74) is 2.61. The zero-order chi connectivity index (χ0) is 27.9. The van der Waals surface area contributed by atoms with Crippen LogP contribution in [0.25, 0.3) is 27.3 Å². The summed E-state index contributed by atoms with van der Waals surface area (Å²) in [6, 6.07) is 8.12. The Morgan fingerprint density at radius 2 is 1.88 bits per heavy atom. The van der Waals surface area contributed by atoms with Gasteiger partial charge in [0, 0.05) is 44.7 Å². The number of Topliss-reactive ketones (excluding diaryl/α,β-unsaturated/α-hetero) is 1. The van der Waals surface area contributed by atoms with Gasteiger partial charge in [0.1, 0.15) is 23.0 Å². The summed E-state index contributed by atoms with van der Waals surface area (Å²) in [4.78, 5) is 39.6. The Bertz CT molecular complexity index is 1530. The van der Waals surface area contributed by atoms with Crippen molar-refractivity contribution in [3.8, 4) is 5.95 Å². The van der Waals surface area contributed by atoms with Gasteiger partial charge in [0.2, 0.25) is 5.95 Å². The molecule has 5 heterocycles. The predicted molar refractivity (Wildman–Crippen MR) is 155 cm³/mol. The molecular weight excluding hydrogens is 528 g/mol. The van der Waals surface area contributed by atoms with Crippen LogP contribution in [-0.2, 0) is 22.5 Å². The molecule has 11 nitrogen and oxygen atoms in total. The molecule has 40 heavy (non-hydrogen) atoms. The number of hydrogen-bond acceptors (Lipinski definition) is 11. The van der Waals surface area contributed by atoms with E-state index in [0.29, 0.717) is 32.3 Å². The van der Waals surface area contributed by atoms with Gasteiger partial charge in [-0.25, -0.2) is 9.97 Å². The van der Waals surface area contributed by atoms with Crippen LogP contribution >= 0.6 is 11.3 Å². The number of thiazole rings is 1. The Morgan fingerprint density at radius 1 is 1.07 bits per heavy atom. The maximum Gasteiger partial charge on any atom is 0.239 e. The number of imidazole rings is 1. The lowest BCUT2D eigenvalue weighted by atomic mass is 9.98. The molecule has 0 bridgehead atoms. The van der Waals surface area contributed by atoms with E-state index in [0.717, 1.165) is 77.2 Å². The van der Waals surface area contributed by atoms with Crippen molar-refractivity contribution >= 4 is 44.3 Å². The fourth-order valence-electron chi connectivity index (χ4n) is 5.72. The smallest absolute Gasteiger partial charge is 0.239 e. The van der Waals surface area contributed by atoms with Gasteiger partial charge < -0.3 is 14.7 Å². The number of fused-ring (bicyclic) bond motifs is 2. The summed E-state index contributed by atoms with van der Waals surface area (Å²) < 4.78 is 7.71. The molecule has 1 aromatic carbocycles. The number of anilines is 1. The number of ketones is 1. The summed E-state index contributed by atoms with van der Waals surface area (Å²) in [5.74, 6) is 2.25. The van der Waals surface area contributed by atoms with Crippen molar-refractivity contribution in [2.24, 2.45) is 0 Å². The van der Waals surface area contributed by atoms with Crippen molar-refractivity contribution in [3.05, 3.63) is 35.1 Å². The molecule has 0 saturated carbocycles. The molecule has 6 rings (SSSR count). The highest BCUT2D eigenvalue weighted by molar-refractivity contribution is 7.18. The van der Waals surface area contributed by atoms with Gasteiger partial charge in [-0.05, 0) is 26.0 Å². The van der Waals surface area contributed by atoms with Crippen molar-refractivity contribution in [1.82, 2.24) is 34.3 Å². The molecule has 0 amide bonds. The maximum absolute atomic E-state index is 11.8. The Kier molecular flexibility index (Phi) is 7.53. The van der Waals surface area contributed by atoms with Crippen LogP contribution in [0.3, 0.4) is 0 Å². The van der Waals surface area contributed by atoms with Gasteiger partial charge in [-0.1, -0.05) is 30.4 Å². The van der Waals surface area contributed by atoms with Crippen molar-refractivity contribution in [1.29, 1.82) is 0 Å². The first-order valence-electron chi connectivity index (χ1n) is 13.9. The lowest BCUT2D eigenvalue weighted by molar-refractivity contribution is -0.124. The van der Waals surface area contributed by atoms with Gasteiger partial charge in [0.25, 0.3) is 0 Å². The van der Waals surface area contributed by atoms with E-state index in [-0.39, 0.29) is 11.3 Å². The zero-order valence-corrected chi connectivity index (χ0v) is 24.2. The molecule has 0 aliphatic carbocycles. The lowest BCUT2D eigenvalue weighted by Crippen LogP contribution is -2.59. The second-order valence-corrected chi connectivity index (χ2v) is 12.1. The average molecular weight is 565 g/mol. The minimum absolute atomic E-state index is 0.141. The number of rotatable bonds is 8. The van der Waals surface area contributed by atoms with E-state index in [2.05, 4.69) is 46.1 Å². The third-order valence-electron chi connectivity index (χ3n) is 7.79. The number of piperazine rings is 1. The molecule has 2 fully saturated rings. The van der Waals surface area contributed by atoms with Gasteiger partial charge in [0.15, 0.2) is 16.4 Å². The van der Waals surface area contributed by atoms with Crippen molar-refractivity contribution < 1.29 is 14.6 Å². The maximum atomic E-state index is 11.8. The van der Waals surface area contributed by atoms with Gasteiger partial charge in [-0.15, -0.1) is 0 Å². The van der Waals surface area contributed by atoms with Crippen LogP contribution in [0.2, 0.25) is 0 Å². The first-order chi connectivity index (χ1) is 19.4. The second kappa shape index (κ2) is 11.1. The first kappa shape index (κ1) is 27.2. The number of morpholine rings is 1. The number of nitrogens with zero attached hydrogens (tertiary/aromatic N) is 8. The molecule has 0 radical (unpaired) electrons. The Hall–Kier alpha value is -3.03. The highest BCUT2D eigenvalue weighted by Crippen LogP contribution is 2.33. The highest BCUT2D eigenvalue weighted by atomic mass is 32.1. The zero-order valence-electron chi connectivity index (χ0n) is 23.3. The van der Waals surface area contributed by atoms with Crippen molar-refractivity contribution in [2.75, 3.05) is 64.0 Å². The van der Waals surface area contributed by atoms with Crippen LogP contribution in [0.1, 0.15) is 31.6 Å². The van der Waals surface area contributed by atoms with Crippen LogP contribution in [0.15, 0.2) is 24.3 Å². The molecule has 4 aromatic rings. The third-order valence-corrected chi connectivity index (χ3v) is 8.72. The molecule has 0 spiro atoms. The molecule has 2 aliphatic rings. The fourth-order valence-corrected chi connectivity index (χ4v) is 6.66. The van der Waals surface area contributed by atoms with Gasteiger partial charge in [-0.2, -0.15) is 9.97 Å². The molecule has 3 aromatic heterocycles. The number of aryl methyl sites for hydroxylation is 1. The van der Waals surface area contributed by atoms with Crippen LogP contribution in [0, 0.1) is 0 Å². The summed E-state index contributed by atoms with van der Waals surface area (Å²) in [7, 11) is 0. The molecule has 2 saturated heterocycles. The number of aromatic nitrogens is 5. The van der Waals surface area contributed by atoms with E-state index in [4.69, 9.17) is 29.8 Å². The Labute approximate surface area is 237 Å². The minimum atomic E-state index is -0.407. The summed E-state index contributed by atoms with van der Waals surface area (Å²) in [5, 5.41) is 10.2. The quantitative estimate of drug-likeness (QED) is 0.342. The molecular formula is C28H36N8O3S. The lowest BCUT2D eigenvalue weighted by Gasteiger charge is -2.46. The van der Waals surface area contributed by atoms with E-state index in [1.165, 1.54) is 0 Å². The number of aliphatic hydroxyl groups is 1. The topological polar surface area (TPSA) is 113 Å². The van der Waals surface area contributed by atoms with Gasteiger partial charge >= 0.3 is 0 Å². The van der Waals surface area contributed by atoms with E-state index in [1.807, 2.05) is 18.2 Å². The van der Waals surface area contributed by atoms with Crippen LogP contribution in [0.4, 0.5) is 5.82 Å². The Balaban J connectivity index is 1.37. The predicted octanol–water partition coefficient (Wildman–Crippen LogP) is 2.28. The number of para-hydroxylation sites is 2. The van der Waals surface area contributed by atoms with Crippen LogP contribution in [-0.4, -0.2) is 110 Å². The van der Waals surface area contributed by atoms with Crippen LogP contribution < -0.4 is 4.90 Å². The number of hydrogen-bond donors (Lipinski definition) is 1. The fraction of sp³-hybridized carbons (Fsp3) is 0.536. The van der Waals surface area contributed by atoms with Crippen molar-refractivity contribution in [3.63, 3.8) is 0 Å². The van der Waals surface area contributed by atoms with Crippen LogP contribution in [0.5, 0.6) is 0 Å². The van der Waals surface area contributed by atoms with E-state index in [1.54, 1.807) is 11.3 Å². The molecule has 2 aliphatic heterocycles. The molecule has 212 valence electrons. The Morgan fingerprint density at radius 3 is 2.62 bits per heavy atom. The molecule has 12 heteroatoms. The minimum Gasteiger partial charge on any atom is -0.389 e. The third kappa shape index (κ3) is 5.21. The molecule has 0 atom stereocenters. The number of carbonyl (C=O) groups is 1. The summed E-state index contributed by atoms with van der Waals surface area (Å²) >= 11 is 1.62. The van der Waals surface area contributed by atoms with Gasteiger partial charge in [0.05, 0.1) is 37.3 Å². The van der Waals surface area contributed by atoms with Gasteiger partial charge in [-0.3, -0.25) is 19.2 Å². The SMILES string of the molecule is CCc1nc2ccccc2n1-c1nc(N2CCOCC2)c2nc(CN3CCN(CC(=O)CO)CC3(C)C)sc2n1. The molecule has 1 N–H and O–H groups in total. The summed E-state index contributed by atoms with van der Waals surface area (Å²) in [6.45, 7) is 12.2. The standard InChI is InChI=1S/C28H36N8O3S/c1-4-22-29-20-7-5-6-8-21(20)36(22)27-31-25(34-11-13-39-14-12-34)24-26(32-27)40-23(30-24)16-35-10-9-33(15-19(38)17-37)18-28(35,2)3/h5-8,37H,4,9-18H2,1-3H3. The second-order valence-electron chi connectivity index (χ2n) is 11.1. The normalized spacial score (nSPS) is 18.6. The van der Waals surface area contributed by atoms with Crippen molar-refractivity contribution in [2.45, 2.75) is 39.3 Å². The first-order valence-corrected chi connectivity index (χ1v) is 14.7. The average Bonchev–Trinajstić information content (AvgIpc) is 3.54. The van der Waals surface area contributed by atoms with E-state index >= 15 is 0 Å². The number of aliphatic hydroxyl groups excluding tert-OH is 1. The van der Waals surface area contributed by atoms with E-state index < -0.39 is 6.61 Å². The van der Waals surface area contributed by atoms with E-state index in [9.17, 15) is 4.79 Å². The number of benzene rings is 1. The largest absolute Gasteiger partial charge is 0.389 e. The molecule has 0 unspecified atom stereocenters. The number of ether oxygens (including phenoxy) is 1. The number of carbonyl (C=O) groups excluding carboxylic acids is 1. The highest BCUT2D eigenvalue weighted by Gasteiger charge is 2.35. The summed E-state index contributed by atoms with van der Waals surface area (Å²) in [6.07, 6.45) is 0.766. The monoisotopic (exact) mass is 564 g/mol.